The summed E-state index contributed by atoms with van der Waals surface area (Å²) in [7, 11) is 0. The molecular weight excluding hydrogens is 227 g/mol. The van der Waals surface area contributed by atoms with E-state index in [9.17, 15) is 13.2 Å². The molecule has 0 aliphatic rings. The third-order valence-electron chi connectivity index (χ3n) is 1.99. The number of alkyl halides is 3. The van der Waals surface area contributed by atoms with Gasteiger partial charge in [-0.25, -0.2) is 4.98 Å². The fraction of sp³-hybridized carbons (Fsp3) is 0.222. The van der Waals surface area contributed by atoms with Crippen LogP contribution < -0.4 is 0 Å². The average Bonchev–Trinajstić information content (AvgIpc) is 2.59. The van der Waals surface area contributed by atoms with Gasteiger partial charge in [0.15, 0.2) is 5.58 Å². The maximum absolute atomic E-state index is 12.2. The van der Waals surface area contributed by atoms with Gasteiger partial charge >= 0.3 is 12.0 Å². The summed E-state index contributed by atoms with van der Waals surface area (Å²) in [6.45, 7) is 0. The van der Waals surface area contributed by atoms with E-state index < -0.39 is 17.9 Å². The highest BCUT2D eigenvalue weighted by Gasteiger charge is 2.58. The van der Waals surface area contributed by atoms with E-state index in [1.807, 2.05) is 0 Å². The second-order valence-corrected chi connectivity index (χ2v) is 3.16. The summed E-state index contributed by atoms with van der Waals surface area (Å²) in [6, 6.07) is 5.84. The minimum absolute atomic E-state index is 0.0502. The smallest absolute Gasteiger partial charge is 0.435 e. The van der Waals surface area contributed by atoms with Gasteiger partial charge in [-0.15, -0.1) is 0 Å². The Morgan fingerprint density at radius 1 is 1.12 bits per heavy atom. The standard InChI is InChI=1S/C9H6F3NO3/c10-9(11,12)8(14,15)7-13-5-3-1-2-4-6(5)16-7/h1-4,14-15H. The molecule has 0 amide bonds. The molecule has 0 radical (unpaired) electrons. The van der Waals surface area contributed by atoms with Crippen molar-refractivity contribution in [2.24, 2.45) is 0 Å². The molecule has 0 spiro atoms. The van der Waals surface area contributed by atoms with Crippen LogP contribution >= 0.6 is 0 Å². The summed E-state index contributed by atoms with van der Waals surface area (Å²) in [5, 5.41) is 17.8. The van der Waals surface area contributed by atoms with Crippen LogP contribution in [0.2, 0.25) is 0 Å². The minimum atomic E-state index is -5.27. The number of halogens is 3. The second-order valence-electron chi connectivity index (χ2n) is 3.16. The lowest BCUT2D eigenvalue weighted by Gasteiger charge is -2.20. The Balaban J connectivity index is 2.56. The summed E-state index contributed by atoms with van der Waals surface area (Å²) >= 11 is 0. The molecule has 0 aliphatic heterocycles. The van der Waals surface area contributed by atoms with Crippen LogP contribution in [0.15, 0.2) is 28.7 Å². The second kappa shape index (κ2) is 3.19. The summed E-state index contributed by atoms with van der Waals surface area (Å²) in [4.78, 5) is 3.36. The Bertz CT molecular complexity index is 485. The minimum Gasteiger partial charge on any atom is -0.435 e. The van der Waals surface area contributed by atoms with E-state index in [0.717, 1.165) is 0 Å². The normalized spacial score (nSPS) is 13.3. The van der Waals surface area contributed by atoms with Crippen LogP contribution in [0.25, 0.3) is 11.1 Å². The van der Waals surface area contributed by atoms with Gasteiger partial charge in [0.05, 0.1) is 0 Å². The van der Waals surface area contributed by atoms with Crippen LogP contribution in [0.1, 0.15) is 5.89 Å². The summed E-state index contributed by atoms with van der Waals surface area (Å²) in [6.07, 6.45) is -5.27. The monoisotopic (exact) mass is 233 g/mol. The van der Waals surface area contributed by atoms with Crippen molar-refractivity contribution in [1.82, 2.24) is 4.98 Å². The molecule has 0 saturated carbocycles. The highest BCUT2D eigenvalue weighted by atomic mass is 19.4. The lowest BCUT2D eigenvalue weighted by Crippen LogP contribution is -2.42. The van der Waals surface area contributed by atoms with E-state index in [-0.39, 0.29) is 11.1 Å². The molecule has 0 atom stereocenters. The highest BCUT2D eigenvalue weighted by molar-refractivity contribution is 5.72. The third kappa shape index (κ3) is 1.54. The number of rotatable bonds is 1. The molecule has 0 saturated heterocycles. The molecule has 1 heterocycles. The van der Waals surface area contributed by atoms with Crippen molar-refractivity contribution in [2.45, 2.75) is 12.0 Å². The lowest BCUT2D eigenvalue weighted by atomic mass is 10.3. The number of fused-ring (bicyclic) bond motifs is 1. The van der Waals surface area contributed by atoms with E-state index in [1.54, 1.807) is 6.07 Å². The van der Waals surface area contributed by atoms with Crippen LogP contribution in [0.4, 0.5) is 13.2 Å². The molecule has 2 rings (SSSR count). The van der Waals surface area contributed by atoms with Gasteiger partial charge in [0.25, 0.3) is 5.89 Å². The molecule has 0 fully saturated rings. The molecule has 7 heteroatoms. The molecular formula is C9H6F3NO3. The third-order valence-corrected chi connectivity index (χ3v) is 1.99. The average molecular weight is 233 g/mol. The fourth-order valence-corrected chi connectivity index (χ4v) is 1.14. The van der Waals surface area contributed by atoms with Gasteiger partial charge < -0.3 is 14.6 Å². The van der Waals surface area contributed by atoms with Gasteiger partial charge in [-0.2, -0.15) is 13.2 Å². The number of hydrogen-bond donors (Lipinski definition) is 2. The van der Waals surface area contributed by atoms with Crippen LogP contribution in [-0.2, 0) is 5.79 Å². The maximum Gasteiger partial charge on any atom is 0.453 e. The Kier molecular flexibility index (Phi) is 2.18. The number of nitrogens with zero attached hydrogens (tertiary/aromatic N) is 1. The van der Waals surface area contributed by atoms with Crippen molar-refractivity contribution in [3.05, 3.63) is 30.2 Å². The molecule has 0 unspecified atom stereocenters. The number of aliphatic hydroxyl groups is 2. The van der Waals surface area contributed by atoms with Crippen LogP contribution in [-0.4, -0.2) is 21.4 Å². The largest absolute Gasteiger partial charge is 0.453 e. The van der Waals surface area contributed by atoms with E-state index in [2.05, 4.69) is 9.40 Å². The van der Waals surface area contributed by atoms with Crippen molar-refractivity contribution in [3.63, 3.8) is 0 Å². The zero-order valence-corrected chi connectivity index (χ0v) is 7.69. The molecule has 1 aromatic heterocycles. The van der Waals surface area contributed by atoms with Gasteiger partial charge in [0.1, 0.15) is 5.52 Å². The predicted molar refractivity (Wildman–Crippen MR) is 46.2 cm³/mol. The van der Waals surface area contributed by atoms with E-state index in [1.165, 1.54) is 18.2 Å². The zero-order valence-electron chi connectivity index (χ0n) is 7.69. The Hall–Kier alpha value is -1.60. The van der Waals surface area contributed by atoms with Gasteiger partial charge in [-0.05, 0) is 12.1 Å². The topological polar surface area (TPSA) is 66.5 Å². The first kappa shape index (κ1) is 10.9. The first-order chi connectivity index (χ1) is 7.32. The zero-order chi connectivity index (χ0) is 12.0. The maximum atomic E-state index is 12.2. The first-order valence-electron chi connectivity index (χ1n) is 4.20. The molecule has 2 aromatic rings. The Morgan fingerprint density at radius 3 is 2.31 bits per heavy atom. The Morgan fingerprint density at radius 2 is 1.75 bits per heavy atom. The molecule has 86 valence electrons. The molecule has 16 heavy (non-hydrogen) atoms. The highest BCUT2D eigenvalue weighted by Crippen LogP contribution is 2.37. The van der Waals surface area contributed by atoms with Crippen LogP contribution in [0.3, 0.4) is 0 Å². The summed E-state index contributed by atoms with van der Waals surface area (Å²) < 4.78 is 41.4. The van der Waals surface area contributed by atoms with Crippen molar-refractivity contribution in [2.75, 3.05) is 0 Å². The van der Waals surface area contributed by atoms with Crippen molar-refractivity contribution in [3.8, 4) is 0 Å². The molecule has 0 bridgehead atoms. The number of aromatic nitrogens is 1. The first-order valence-corrected chi connectivity index (χ1v) is 4.20. The number of oxazole rings is 1. The predicted octanol–water partition coefficient (Wildman–Crippen LogP) is 1.53. The van der Waals surface area contributed by atoms with Crippen molar-refractivity contribution in [1.29, 1.82) is 0 Å². The fourth-order valence-electron chi connectivity index (χ4n) is 1.14. The van der Waals surface area contributed by atoms with Crippen molar-refractivity contribution < 1.29 is 27.8 Å². The number of benzene rings is 1. The van der Waals surface area contributed by atoms with Crippen LogP contribution in [0, 0.1) is 0 Å². The number of para-hydroxylation sites is 2. The molecule has 0 aliphatic carbocycles. The van der Waals surface area contributed by atoms with Gasteiger partial charge in [0, 0.05) is 0 Å². The summed E-state index contributed by atoms with van der Waals surface area (Å²) in [5.41, 5.74) is 0.170. The van der Waals surface area contributed by atoms with Gasteiger partial charge in [-0.1, -0.05) is 12.1 Å². The quantitative estimate of drug-likeness (QED) is 0.733. The van der Waals surface area contributed by atoms with E-state index >= 15 is 0 Å². The van der Waals surface area contributed by atoms with E-state index in [4.69, 9.17) is 10.2 Å². The summed E-state index contributed by atoms with van der Waals surface area (Å²) in [5.74, 6) is -5.27. The number of hydrogen-bond acceptors (Lipinski definition) is 4. The van der Waals surface area contributed by atoms with Gasteiger partial charge in [0.2, 0.25) is 0 Å². The van der Waals surface area contributed by atoms with Crippen LogP contribution in [0.5, 0.6) is 0 Å². The van der Waals surface area contributed by atoms with Crippen molar-refractivity contribution >= 4 is 11.1 Å². The Labute approximate surface area is 86.9 Å². The molecule has 2 N–H and O–H groups in total. The SMILES string of the molecule is OC(O)(c1nc2ccccc2o1)C(F)(F)F. The van der Waals surface area contributed by atoms with E-state index in [0.29, 0.717) is 0 Å². The molecule has 1 aromatic carbocycles. The van der Waals surface area contributed by atoms with Gasteiger partial charge in [-0.3, -0.25) is 0 Å². The lowest BCUT2D eigenvalue weighted by molar-refractivity contribution is -0.366. The molecule has 4 nitrogen and oxygen atoms in total.